The molecule has 0 saturated heterocycles. The number of rotatable bonds is 8. The summed E-state index contributed by atoms with van der Waals surface area (Å²) in [6.45, 7) is 0. The van der Waals surface area contributed by atoms with Gasteiger partial charge >= 0.3 is 0 Å². The van der Waals surface area contributed by atoms with Gasteiger partial charge in [0.15, 0.2) is 0 Å². The van der Waals surface area contributed by atoms with Gasteiger partial charge in [-0.3, -0.25) is 9.59 Å². The van der Waals surface area contributed by atoms with E-state index in [0.717, 1.165) is 44.3 Å². The maximum absolute atomic E-state index is 12.9. The molecule has 0 atom stereocenters. The molecule has 5 heteroatoms. The second kappa shape index (κ2) is 10.3. The summed E-state index contributed by atoms with van der Waals surface area (Å²) in [6.07, 6.45) is 17.8. The fourth-order valence-corrected chi connectivity index (χ4v) is 6.80. The Bertz CT molecular complexity index is 1660. The maximum Gasteiger partial charge on any atom is 0.266 e. The van der Waals surface area contributed by atoms with E-state index in [0.29, 0.717) is 16.8 Å². The third-order valence-corrected chi connectivity index (χ3v) is 8.73. The second-order valence-corrected chi connectivity index (χ2v) is 11.0. The molecule has 1 N–H and O–H groups in total. The molecule has 2 heterocycles. The van der Waals surface area contributed by atoms with Crippen molar-refractivity contribution in [3.8, 4) is 11.1 Å². The summed E-state index contributed by atoms with van der Waals surface area (Å²) < 4.78 is 0. The van der Waals surface area contributed by atoms with Crippen LogP contribution >= 0.6 is 0 Å². The molecule has 7 rings (SSSR count). The lowest BCUT2D eigenvalue weighted by Gasteiger charge is -2.30. The molecule has 41 heavy (non-hydrogen) atoms. The van der Waals surface area contributed by atoms with Gasteiger partial charge in [0.1, 0.15) is 5.82 Å². The number of benzene rings is 3. The molecule has 3 aromatic carbocycles. The summed E-state index contributed by atoms with van der Waals surface area (Å²) in [5.74, 6) is 0.509. The third kappa shape index (κ3) is 4.12. The van der Waals surface area contributed by atoms with Gasteiger partial charge < -0.3 is 4.98 Å². The van der Waals surface area contributed by atoms with E-state index >= 15 is 0 Å². The average molecular weight is 538 g/mol. The Morgan fingerprint density at radius 3 is 2.02 bits per heavy atom. The Kier molecular flexibility index (Phi) is 6.35. The summed E-state index contributed by atoms with van der Waals surface area (Å²) in [5, 5.41) is 0. The first kappa shape index (κ1) is 25.2. The SMILES string of the molecule is O=C1c2ccccc2C(=O)N1C1=CC=C(CCCCCC2(c3ncc[nH]3)c3ccccc3-c3ccccc32)CC=C1. The molecule has 0 saturated carbocycles. The van der Waals surface area contributed by atoms with E-state index in [1.807, 2.05) is 24.5 Å². The Morgan fingerprint density at radius 1 is 0.756 bits per heavy atom. The largest absolute Gasteiger partial charge is 0.348 e. The number of nitrogens with zero attached hydrogens (tertiary/aromatic N) is 2. The topological polar surface area (TPSA) is 66.1 Å². The molecule has 3 aliphatic rings. The number of fused-ring (bicyclic) bond motifs is 4. The van der Waals surface area contributed by atoms with E-state index in [4.69, 9.17) is 4.98 Å². The number of hydrogen-bond acceptors (Lipinski definition) is 3. The van der Waals surface area contributed by atoms with Crippen molar-refractivity contribution in [3.63, 3.8) is 0 Å². The van der Waals surface area contributed by atoms with Gasteiger partial charge in [-0.1, -0.05) is 91.2 Å². The van der Waals surface area contributed by atoms with Gasteiger partial charge in [-0.15, -0.1) is 0 Å². The van der Waals surface area contributed by atoms with Gasteiger partial charge in [0.25, 0.3) is 11.8 Å². The highest BCUT2D eigenvalue weighted by Crippen LogP contribution is 2.54. The molecular weight excluding hydrogens is 506 g/mol. The van der Waals surface area contributed by atoms with Crippen molar-refractivity contribution in [2.75, 3.05) is 0 Å². The van der Waals surface area contributed by atoms with Gasteiger partial charge in [-0.2, -0.15) is 0 Å². The number of H-pyrrole nitrogens is 1. The minimum atomic E-state index is -0.273. The summed E-state index contributed by atoms with van der Waals surface area (Å²) in [6, 6.07) is 24.5. The molecule has 0 radical (unpaired) electrons. The molecule has 4 aromatic rings. The van der Waals surface area contributed by atoms with Crippen molar-refractivity contribution >= 4 is 11.8 Å². The van der Waals surface area contributed by atoms with Gasteiger partial charge in [-0.05, 0) is 72.2 Å². The lowest BCUT2D eigenvalue weighted by Crippen LogP contribution is -2.28. The van der Waals surface area contributed by atoms with E-state index in [1.165, 1.54) is 32.7 Å². The van der Waals surface area contributed by atoms with Crippen LogP contribution in [-0.2, 0) is 5.41 Å². The van der Waals surface area contributed by atoms with E-state index in [9.17, 15) is 9.59 Å². The Hall–Kier alpha value is -4.77. The van der Waals surface area contributed by atoms with Crippen LogP contribution in [0, 0.1) is 0 Å². The molecule has 5 nitrogen and oxygen atoms in total. The minimum absolute atomic E-state index is 0.251. The lowest BCUT2D eigenvalue weighted by atomic mass is 9.73. The number of amides is 2. The van der Waals surface area contributed by atoms with Gasteiger partial charge in [0.05, 0.1) is 22.2 Å². The van der Waals surface area contributed by atoms with Crippen LogP contribution in [0.5, 0.6) is 0 Å². The van der Waals surface area contributed by atoms with Crippen molar-refractivity contribution in [1.82, 2.24) is 14.9 Å². The van der Waals surface area contributed by atoms with Crippen molar-refractivity contribution in [2.45, 2.75) is 43.9 Å². The van der Waals surface area contributed by atoms with Crippen LogP contribution in [0.4, 0.5) is 0 Å². The molecule has 2 aliphatic carbocycles. The fourth-order valence-electron chi connectivity index (χ4n) is 6.80. The Labute approximate surface area is 240 Å². The summed E-state index contributed by atoms with van der Waals surface area (Å²) in [5.41, 5.74) is 7.88. The number of aromatic amines is 1. The first-order chi connectivity index (χ1) is 20.2. The number of unbranched alkanes of at least 4 members (excludes halogenated alkanes) is 2. The van der Waals surface area contributed by atoms with E-state index < -0.39 is 0 Å². The first-order valence-electron chi connectivity index (χ1n) is 14.4. The number of carbonyl (C=O) groups is 2. The van der Waals surface area contributed by atoms with Crippen molar-refractivity contribution < 1.29 is 9.59 Å². The van der Waals surface area contributed by atoms with E-state index in [-0.39, 0.29) is 17.2 Å². The second-order valence-electron chi connectivity index (χ2n) is 11.0. The number of nitrogens with one attached hydrogen (secondary N) is 1. The number of hydrogen-bond donors (Lipinski definition) is 1. The van der Waals surface area contributed by atoms with E-state index in [2.05, 4.69) is 65.7 Å². The summed E-state index contributed by atoms with van der Waals surface area (Å²) in [7, 11) is 0. The average Bonchev–Trinajstić information content (AvgIpc) is 3.65. The van der Waals surface area contributed by atoms with Crippen LogP contribution in [0.15, 0.2) is 121 Å². The van der Waals surface area contributed by atoms with Gasteiger partial charge in [-0.25, -0.2) is 9.88 Å². The standard InChI is InChI=1S/C36H31N3O2/c40-33-29-16-3-4-17-30(29)34(41)39(33)26-13-10-12-25(20-21-26)11-2-1-9-22-36(35-37-23-24-38-35)31-18-7-5-14-27(31)28-15-6-8-19-32(28)36/h3-8,10,13-21,23-24H,1-2,9,11-12,22H2,(H,37,38). The zero-order valence-corrected chi connectivity index (χ0v) is 22.8. The summed E-state index contributed by atoms with van der Waals surface area (Å²) in [4.78, 5) is 35.4. The van der Waals surface area contributed by atoms with Crippen LogP contribution in [0.25, 0.3) is 11.1 Å². The third-order valence-electron chi connectivity index (χ3n) is 8.73. The fraction of sp³-hybridized carbons (Fsp3) is 0.194. The maximum atomic E-state index is 12.9. The molecule has 0 spiro atoms. The zero-order chi connectivity index (χ0) is 27.8. The smallest absolute Gasteiger partial charge is 0.266 e. The molecule has 0 unspecified atom stereocenters. The highest BCUT2D eigenvalue weighted by Gasteiger charge is 2.45. The Morgan fingerprint density at radius 2 is 1.39 bits per heavy atom. The van der Waals surface area contributed by atoms with Gasteiger partial charge in [0.2, 0.25) is 0 Å². The molecule has 202 valence electrons. The van der Waals surface area contributed by atoms with Crippen LogP contribution in [0.3, 0.4) is 0 Å². The van der Waals surface area contributed by atoms with Crippen molar-refractivity contribution in [3.05, 3.63) is 149 Å². The number of allylic oxidation sites excluding steroid dienone is 5. The van der Waals surface area contributed by atoms with Crippen molar-refractivity contribution in [2.24, 2.45) is 0 Å². The monoisotopic (exact) mass is 537 g/mol. The zero-order valence-electron chi connectivity index (χ0n) is 22.8. The number of imidazole rings is 1. The van der Waals surface area contributed by atoms with Crippen LogP contribution < -0.4 is 0 Å². The van der Waals surface area contributed by atoms with Crippen LogP contribution in [-0.4, -0.2) is 26.7 Å². The molecule has 1 aliphatic heterocycles. The van der Waals surface area contributed by atoms with Crippen molar-refractivity contribution in [1.29, 1.82) is 0 Å². The minimum Gasteiger partial charge on any atom is -0.348 e. The molecule has 0 bridgehead atoms. The van der Waals surface area contributed by atoms with Crippen LogP contribution in [0.1, 0.15) is 76.2 Å². The normalized spacial score (nSPS) is 16.6. The molecule has 2 amide bonds. The molecular formula is C36H31N3O2. The number of carbonyl (C=O) groups excluding carboxylic acids is 2. The lowest BCUT2D eigenvalue weighted by molar-refractivity contribution is 0.0709. The van der Waals surface area contributed by atoms with Gasteiger partial charge in [0, 0.05) is 12.4 Å². The predicted molar refractivity (Wildman–Crippen MR) is 160 cm³/mol. The highest BCUT2D eigenvalue weighted by atomic mass is 16.2. The molecule has 0 fully saturated rings. The quantitative estimate of drug-likeness (QED) is 0.185. The number of imide groups is 1. The summed E-state index contributed by atoms with van der Waals surface area (Å²) >= 11 is 0. The number of aromatic nitrogens is 2. The predicted octanol–water partition coefficient (Wildman–Crippen LogP) is 7.74. The van der Waals surface area contributed by atoms with E-state index in [1.54, 1.807) is 24.3 Å². The molecule has 1 aromatic heterocycles. The first-order valence-corrected chi connectivity index (χ1v) is 14.4. The highest BCUT2D eigenvalue weighted by molar-refractivity contribution is 6.22. The van der Waals surface area contributed by atoms with Crippen LogP contribution in [0.2, 0.25) is 0 Å². The Balaban J connectivity index is 1.04.